The van der Waals surface area contributed by atoms with Gasteiger partial charge in [0, 0.05) is 13.1 Å². The summed E-state index contributed by atoms with van der Waals surface area (Å²) in [6.45, 7) is 2.29. The molecule has 5 nitrogen and oxygen atoms in total. The fraction of sp³-hybridized carbons (Fsp3) is 0.562. The number of amides is 1. The van der Waals surface area contributed by atoms with Gasteiger partial charge in [-0.3, -0.25) is 4.79 Å². The number of thiophene rings is 1. The van der Waals surface area contributed by atoms with Crippen LogP contribution in [-0.4, -0.2) is 39.8 Å². The Bertz CT molecular complexity index is 634. The van der Waals surface area contributed by atoms with Crippen LogP contribution < -0.4 is 0 Å². The number of aromatic nitrogens is 2. The highest BCUT2D eigenvalue weighted by atomic mass is 32.2. The molecule has 0 N–H and O–H groups in total. The van der Waals surface area contributed by atoms with Gasteiger partial charge < -0.3 is 9.32 Å². The van der Waals surface area contributed by atoms with Gasteiger partial charge in [-0.2, -0.15) is 0 Å². The Morgan fingerprint density at radius 3 is 2.87 bits per heavy atom. The van der Waals surface area contributed by atoms with Crippen molar-refractivity contribution in [3.8, 4) is 10.8 Å². The van der Waals surface area contributed by atoms with Crippen molar-refractivity contribution in [2.75, 3.05) is 12.8 Å². The van der Waals surface area contributed by atoms with Crippen molar-refractivity contribution in [1.29, 1.82) is 0 Å². The lowest BCUT2D eigenvalue weighted by Gasteiger charge is -2.33. The third kappa shape index (κ3) is 4.14. The van der Waals surface area contributed by atoms with E-state index in [0.717, 1.165) is 23.6 Å². The molecule has 1 fully saturated rings. The number of hydrogen-bond acceptors (Lipinski definition) is 6. The normalized spacial score (nSPS) is 21.3. The molecule has 3 rings (SSSR count). The molecule has 23 heavy (non-hydrogen) atoms. The average molecular weight is 351 g/mol. The first-order chi connectivity index (χ1) is 11.1. The van der Waals surface area contributed by atoms with Crippen LogP contribution >= 0.6 is 23.1 Å². The van der Waals surface area contributed by atoms with Crippen LogP contribution in [0.4, 0.5) is 0 Å². The molecule has 0 aromatic carbocycles. The number of thioether (sulfide) groups is 1. The molecule has 7 heteroatoms. The molecule has 1 saturated carbocycles. The molecular formula is C16H21N3O2S2. The zero-order valence-corrected chi connectivity index (χ0v) is 15.0. The summed E-state index contributed by atoms with van der Waals surface area (Å²) in [5.41, 5.74) is 0. The predicted molar refractivity (Wildman–Crippen MR) is 92.5 cm³/mol. The molecule has 1 aliphatic carbocycles. The minimum absolute atomic E-state index is 0.130. The minimum Gasteiger partial charge on any atom is -0.410 e. The fourth-order valence-electron chi connectivity index (χ4n) is 2.83. The number of carbonyl (C=O) groups excluding carboxylic acids is 1. The Kier molecular flexibility index (Phi) is 5.38. The van der Waals surface area contributed by atoms with E-state index in [1.165, 1.54) is 24.6 Å². The molecule has 0 saturated heterocycles. The summed E-state index contributed by atoms with van der Waals surface area (Å²) in [4.78, 5) is 15.2. The molecule has 2 aromatic heterocycles. The fourth-order valence-corrected chi connectivity index (χ4v) is 4.16. The van der Waals surface area contributed by atoms with Crippen LogP contribution in [0.15, 0.2) is 27.2 Å². The summed E-state index contributed by atoms with van der Waals surface area (Å²) in [5.74, 6) is 1.78. The zero-order chi connectivity index (χ0) is 16.2. The maximum Gasteiger partial charge on any atom is 0.277 e. The molecule has 0 bridgehead atoms. The highest BCUT2D eigenvalue weighted by Gasteiger charge is 2.25. The predicted octanol–water partition coefficient (Wildman–Crippen LogP) is 3.93. The van der Waals surface area contributed by atoms with Gasteiger partial charge in [-0.05, 0) is 43.0 Å². The van der Waals surface area contributed by atoms with Crippen molar-refractivity contribution in [3.05, 3.63) is 17.5 Å². The first kappa shape index (κ1) is 16.5. The van der Waals surface area contributed by atoms with Crippen LogP contribution in [0.2, 0.25) is 0 Å². The van der Waals surface area contributed by atoms with Gasteiger partial charge in [0.1, 0.15) is 0 Å². The van der Waals surface area contributed by atoms with Gasteiger partial charge in [0.2, 0.25) is 5.91 Å². The smallest absolute Gasteiger partial charge is 0.277 e. The second kappa shape index (κ2) is 7.49. The molecule has 1 aliphatic rings. The SMILES string of the molecule is CC1CCC(N(C)C(=O)CSc2nnc(-c3cccs3)o2)CC1. The van der Waals surface area contributed by atoms with Gasteiger partial charge in [-0.15, -0.1) is 21.5 Å². The second-order valence-corrected chi connectivity index (χ2v) is 7.93. The van der Waals surface area contributed by atoms with E-state index in [1.54, 1.807) is 11.3 Å². The van der Waals surface area contributed by atoms with Crippen LogP contribution in [0.3, 0.4) is 0 Å². The van der Waals surface area contributed by atoms with E-state index < -0.39 is 0 Å². The van der Waals surface area contributed by atoms with E-state index >= 15 is 0 Å². The number of hydrogen-bond donors (Lipinski definition) is 0. The maximum absolute atomic E-state index is 12.3. The van der Waals surface area contributed by atoms with Gasteiger partial charge >= 0.3 is 0 Å². The van der Waals surface area contributed by atoms with Gasteiger partial charge in [0.25, 0.3) is 11.1 Å². The Hall–Kier alpha value is -1.34. The summed E-state index contributed by atoms with van der Waals surface area (Å²) < 4.78 is 5.60. The summed E-state index contributed by atoms with van der Waals surface area (Å²) in [6.07, 6.45) is 4.64. The van der Waals surface area contributed by atoms with Crippen LogP contribution in [-0.2, 0) is 4.79 Å². The largest absolute Gasteiger partial charge is 0.410 e. The highest BCUT2D eigenvalue weighted by molar-refractivity contribution is 7.99. The minimum atomic E-state index is 0.130. The van der Waals surface area contributed by atoms with E-state index in [2.05, 4.69) is 17.1 Å². The molecule has 0 unspecified atom stereocenters. The van der Waals surface area contributed by atoms with E-state index in [-0.39, 0.29) is 5.91 Å². The van der Waals surface area contributed by atoms with E-state index in [0.29, 0.717) is 22.9 Å². The van der Waals surface area contributed by atoms with Crippen LogP contribution in [0.1, 0.15) is 32.6 Å². The van der Waals surface area contributed by atoms with Crippen LogP contribution in [0.5, 0.6) is 0 Å². The molecule has 1 amide bonds. The summed E-state index contributed by atoms with van der Waals surface area (Å²) in [6, 6.07) is 4.26. The summed E-state index contributed by atoms with van der Waals surface area (Å²) in [5, 5.41) is 10.5. The maximum atomic E-state index is 12.3. The number of carbonyl (C=O) groups is 1. The Labute approximate surface area is 144 Å². The number of nitrogens with zero attached hydrogens (tertiary/aromatic N) is 3. The van der Waals surface area contributed by atoms with Crippen molar-refractivity contribution in [2.45, 2.75) is 43.9 Å². The first-order valence-corrected chi connectivity index (χ1v) is 9.76. The van der Waals surface area contributed by atoms with Crippen molar-refractivity contribution in [1.82, 2.24) is 15.1 Å². The molecule has 0 radical (unpaired) electrons. The summed E-state index contributed by atoms with van der Waals surface area (Å²) in [7, 11) is 1.91. The standard InChI is InChI=1S/C16H21N3O2S2/c1-11-5-7-12(8-6-11)19(2)14(20)10-23-16-18-17-15(21-16)13-4-3-9-22-13/h3-4,9,11-12H,5-8,10H2,1-2H3. The monoisotopic (exact) mass is 351 g/mol. The van der Waals surface area contributed by atoms with E-state index in [9.17, 15) is 4.79 Å². The molecule has 0 aliphatic heterocycles. The first-order valence-electron chi connectivity index (χ1n) is 7.89. The molecule has 124 valence electrons. The summed E-state index contributed by atoms with van der Waals surface area (Å²) >= 11 is 2.87. The van der Waals surface area contributed by atoms with Gasteiger partial charge in [0.05, 0.1) is 10.6 Å². The lowest BCUT2D eigenvalue weighted by atomic mass is 9.87. The molecule has 2 aromatic rings. The lowest BCUT2D eigenvalue weighted by molar-refractivity contribution is -0.129. The van der Waals surface area contributed by atoms with Gasteiger partial charge in [0.15, 0.2) is 0 Å². The zero-order valence-electron chi connectivity index (χ0n) is 13.4. The second-order valence-electron chi connectivity index (χ2n) is 6.06. The number of rotatable bonds is 5. The van der Waals surface area contributed by atoms with Gasteiger partial charge in [-0.1, -0.05) is 24.8 Å². The van der Waals surface area contributed by atoms with Crippen LogP contribution in [0, 0.1) is 5.92 Å². The van der Waals surface area contributed by atoms with Crippen molar-refractivity contribution >= 4 is 29.0 Å². The van der Waals surface area contributed by atoms with Crippen molar-refractivity contribution in [2.24, 2.45) is 5.92 Å². The Morgan fingerprint density at radius 2 is 2.17 bits per heavy atom. The topological polar surface area (TPSA) is 59.2 Å². The third-order valence-electron chi connectivity index (χ3n) is 4.38. The quantitative estimate of drug-likeness (QED) is 0.764. The lowest BCUT2D eigenvalue weighted by Crippen LogP contribution is -2.40. The average Bonchev–Trinajstić information content (AvgIpc) is 3.23. The molecule has 0 spiro atoms. The van der Waals surface area contributed by atoms with Crippen LogP contribution in [0.25, 0.3) is 10.8 Å². The van der Waals surface area contributed by atoms with Gasteiger partial charge in [-0.25, -0.2) is 0 Å². The van der Waals surface area contributed by atoms with E-state index in [4.69, 9.17) is 4.42 Å². The van der Waals surface area contributed by atoms with Crippen molar-refractivity contribution < 1.29 is 9.21 Å². The highest BCUT2D eigenvalue weighted by Crippen LogP contribution is 2.28. The molecule has 0 atom stereocenters. The van der Waals surface area contributed by atoms with Crippen molar-refractivity contribution in [3.63, 3.8) is 0 Å². The third-order valence-corrected chi connectivity index (χ3v) is 6.05. The molecule has 2 heterocycles. The van der Waals surface area contributed by atoms with E-state index in [1.807, 2.05) is 29.5 Å². The molecular weight excluding hydrogens is 330 g/mol. The Balaban J connectivity index is 1.51. The Morgan fingerprint density at radius 1 is 1.39 bits per heavy atom.